The topological polar surface area (TPSA) is 50.2 Å². The summed E-state index contributed by atoms with van der Waals surface area (Å²) in [6.45, 7) is 23.2. The van der Waals surface area contributed by atoms with E-state index in [-0.39, 0.29) is 59.7 Å². The summed E-state index contributed by atoms with van der Waals surface area (Å²) in [6.07, 6.45) is 3.23. The van der Waals surface area contributed by atoms with Crippen LogP contribution >= 0.6 is 11.3 Å². The molecular weight excluding hydrogens is 904 g/mol. The number of pyridine rings is 1. The Labute approximate surface area is 349 Å². The number of hydrogen-bond acceptors (Lipinski definition) is 4. The van der Waals surface area contributed by atoms with Crippen molar-refractivity contribution in [1.29, 1.82) is 0 Å². The molecule has 1 radical (unpaired) electrons. The Morgan fingerprint density at radius 1 is 0.911 bits per heavy atom. The molecule has 2 heterocycles. The Morgan fingerprint density at radius 3 is 2.11 bits per heavy atom. The molecule has 0 fully saturated rings. The average Bonchev–Trinajstić information content (AvgIpc) is 3.49. The summed E-state index contributed by atoms with van der Waals surface area (Å²) in [4.78, 5) is 16.5. The third kappa shape index (κ3) is 9.45. The van der Waals surface area contributed by atoms with Gasteiger partial charge in [-0.15, -0.1) is 40.5 Å². The maximum absolute atomic E-state index is 14.2. The first-order valence-electron chi connectivity index (χ1n) is 20.0. The monoisotopic (exact) mass is 963 g/mol. The summed E-state index contributed by atoms with van der Waals surface area (Å²) >= 11 is 1.57. The van der Waals surface area contributed by atoms with Crippen LogP contribution in [0.3, 0.4) is 0 Å². The van der Waals surface area contributed by atoms with Crippen LogP contribution < -0.4 is 0 Å². The van der Waals surface area contributed by atoms with Crippen LogP contribution in [0.5, 0.6) is 0 Å². The van der Waals surface area contributed by atoms with Gasteiger partial charge in [-0.05, 0) is 89.0 Å². The zero-order valence-corrected chi connectivity index (χ0v) is 38.2. The van der Waals surface area contributed by atoms with Crippen LogP contribution in [0.1, 0.15) is 137 Å². The molecule has 1 aliphatic carbocycles. The molecule has 0 spiro atoms. The van der Waals surface area contributed by atoms with E-state index in [0.29, 0.717) is 5.56 Å². The van der Waals surface area contributed by atoms with Crippen molar-refractivity contribution in [3.8, 4) is 11.3 Å². The van der Waals surface area contributed by atoms with Crippen LogP contribution in [0.25, 0.3) is 42.2 Å². The summed E-state index contributed by atoms with van der Waals surface area (Å²) in [5, 5.41) is 13.5. The van der Waals surface area contributed by atoms with Gasteiger partial charge >= 0.3 is 6.18 Å². The minimum atomic E-state index is -4.31. The fraction of sp³-hybridized carbons (Fsp3) is 0.500. The van der Waals surface area contributed by atoms with Crippen molar-refractivity contribution in [2.45, 2.75) is 144 Å². The quantitative estimate of drug-likeness (QED) is 0.0910. The first kappa shape index (κ1) is 45.6. The molecule has 0 aliphatic heterocycles. The molecule has 0 bridgehead atoms. The number of fused-ring (bicyclic) bond motifs is 5. The third-order valence-corrected chi connectivity index (χ3v) is 13.0. The second-order valence-electron chi connectivity index (χ2n) is 17.7. The van der Waals surface area contributed by atoms with Crippen LogP contribution in [-0.4, -0.2) is 22.1 Å². The maximum atomic E-state index is 14.2. The van der Waals surface area contributed by atoms with Crippen LogP contribution in [0.15, 0.2) is 60.5 Å². The maximum Gasteiger partial charge on any atom is 0.393 e. The van der Waals surface area contributed by atoms with Gasteiger partial charge in [0.2, 0.25) is 0 Å². The van der Waals surface area contributed by atoms with Crippen LogP contribution in [0.4, 0.5) is 13.2 Å². The molecule has 0 saturated carbocycles. The second-order valence-corrected chi connectivity index (χ2v) is 18.8. The van der Waals surface area contributed by atoms with Crippen molar-refractivity contribution in [1.82, 2.24) is 4.98 Å². The van der Waals surface area contributed by atoms with Gasteiger partial charge in [0.15, 0.2) is 5.78 Å². The second kappa shape index (κ2) is 17.4. The number of aliphatic hydroxyl groups is 1. The Hall–Kier alpha value is -3.06. The Morgan fingerprint density at radius 2 is 1.52 bits per heavy atom. The van der Waals surface area contributed by atoms with Crippen molar-refractivity contribution in [3.63, 3.8) is 0 Å². The first-order valence-corrected chi connectivity index (χ1v) is 20.8. The zero-order valence-electron chi connectivity index (χ0n) is 35.0. The number of rotatable bonds is 9. The first-order chi connectivity index (χ1) is 25.7. The van der Waals surface area contributed by atoms with E-state index in [2.05, 4.69) is 78.8 Å². The standard InChI is InChI=1S/C35H35F3NS.C13H24O2.Ir/c1-32(2,3)25-17-21(16-20-10-8-9-11-22(20)25)30-31-23(12-15-39-30)28-24(19-35(36,37)38)29-26(18-27(28)40-31)33(4,5)13-14-34(29,6)7;1-5-10(6-2)12(14)9-13(15)11(7-3)8-4;/h8-12,15,17-18H,13-14,19H2,1-7H3;9-11,14H,5-8H2,1-4H3;/q-1;;/b;12-9-;. The van der Waals surface area contributed by atoms with Gasteiger partial charge in [-0.25, -0.2) is 0 Å². The Bertz CT molecular complexity index is 2220. The third-order valence-electron chi connectivity index (χ3n) is 11.9. The molecule has 3 aromatic carbocycles. The van der Waals surface area contributed by atoms with Gasteiger partial charge in [-0.2, -0.15) is 13.2 Å². The molecule has 0 saturated heterocycles. The van der Waals surface area contributed by atoms with E-state index < -0.39 is 12.6 Å². The van der Waals surface area contributed by atoms with E-state index in [0.717, 1.165) is 91.9 Å². The molecule has 8 heteroatoms. The summed E-state index contributed by atoms with van der Waals surface area (Å²) < 4.78 is 44.5. The number of hydrogen-bond donors (Lipinski definition) is 1. The molecule has 2 aromatic heterocycles. The minimum absolute atomic E-state index is 0. The van der Waals surface area contributed by atoms with Gasteiger partial charge in [0, 0.05) is 64.7 Å². The van der Waals surface area contributed by atoms with Gasteiger partial charge in [0.05, 0.1) is 12.2 Å². The predicted molar refractivity (Wildman–Crippen MR) is 227 cm³/mol. The Balaban J connectivity index is 0.000000372. The van der Waals surface area contributed by atoms with E-state index in [9.17, 15) is 23.1 Å². The number of aromatic nitrogens is 1. The van der Waals surface area contributed by atoms with Gasteiger partial charge in [0.25, 0.3) is 0 Å². The molecule has 56 heavy (non-hydrogen) atoms. The van der Waals surface area contributed by atoms with Crippen molar-refractivity contribution < 1.29 is 43.2 Å². The number of alkyl halides is 3. The number of ketones is 1. The molecule has 1 aliphatic rings. The van der Waals surface area contributed by atoms with E-state index in [1.165, 1.54) is 11.6 Å². The molecule has 0 unspecified atom stereocenters. The molecular formula is C48H59F3IrNO2S-. The van der Waals surface area contributed by atoms with Crippen molar-refractivity contribution in [2.24, 2.45) is 11.8 Å². The van der Waals surface area contributed by atoms with Crippen molar-refractivity contribution >= 4 is 48.1 Å². The fourth-order valence-corrected chi connectivity index (χ4v) is 9.74. The smallest absolute Gasteiger partial charge is 0.393 e. The predicted octanol–water partition coefficient (Wildman–Crippen LogP) is 14.7. The molecule has 0 amide bonds. The van der Waals surface area contributed by atoms with E-state index in [1.807, 2.05) is 45.9 Å². The summed E-state index contributed by atoms with van der Waals surface area (Å²) in [5.41, 5.74) is 4.62. The number of carbonyl (C=O) groups excluding carboxylic acids is 1. The van der Waals surface area contributed by atoms with Gasteiger partial charge in [-0.3, -0.25) is 9.78 Å². The number of nitrogens with zero attached hydrogens (tertiary/aromatic N) is 1. The van der Waals surface area contributed by atoms with Crippen LogP contribution in [0.2, 0.25) is 0 Å². The molecule has 3 nitrogen and oxygen atoms in total. The van der Waals surface area contributed by atoms with E-state index in [4.69, 9.17) is 4.98 Å². The number of aliphatic hydroxyl groups excluding tert-OH is 1. The van der Waals surface area contributed by atoms with Crippen LogP contribution in [0, 0.1) is 17.9 Å². The summed E-state index contributed by atoms with van der Waals surface area (Å²) in [7, 11) is 0. The van der Waals surface area contributed by atoms with E-state index in [1.54, 1.807) is 17.5 Å². The molecule has 0 atom stereocenters. The molecule has 1 N–H and O–H groups in total. The van der Waals surface area contributed by atoms with E-state index >= 15 is 0 Å². The molecule has 6 rings (SSSR count). The van der Waals surface area contributed by atoms with Crippen molar-refractivity contribution in [2.75, 3.05) is 0 Å². The number of carbonyl (C=O) groups is 1. The number of benzene rings is 3. The SMILES string of the molecule is CC(C)(C)c1cc(-c2nccc3c2sc2cc4c(c(CC(F)(F)F)c23)C(C)(C)CCC4(C)C)[c-]c2ccccc12.CCC(CC)C(=O)/C=C(\O)C(CC)CC.[Ir]. The molecule has 305 valence electrons. The number of allylic oxidation sites excluding steroid dienone is 2. The van der Waals surface area contributed by atoms with Crippen LogP contribution in [-0.2, 0) is 47.6 Å². The fourth-order valence-electron chi connectivity index (χ4n) is 8.46. The summed E-state index contributed by atoms with van der Waals surface area (Å²) in [6, 6.07) is 18.1. The minimum Gasteiger partial charge on any atom is -0.512 e. The van der Waals surface area contributed by atoms with Crippen molar-refractivity contribution in [3.05, 3.63) is 88.8 Å². The molecule has 5 aromatic rings. The number of halogens is 3. The van der Waals surface area contributed by atoms with Gasteiger partial charge < -0.3 is 5.11 Å². The van der Waals surface area contributed by atoms with Gasteiger partial charge in [0.1, 0.15) is 0 Å². The number of thiophene rings is 1. The normalized spacial score (nSPS) is 15.5. The summed E-state index contributed by atoms with van der Waals surface area (Å²) in [5.74, 6) is 0.547. The van der Waals surface area contributed by atoms with Gasteiger partial charge in [-0.1, -0.05) is 105 Å². The average molecular weight is 963 g/mol. The zero-order chi connectivity index (χ0) is 40.7. The Kier molecular flexibility index (Phi) is 14.2. The largest absolute Gasteiger partial charge is 0.512 e.